The maximum atomic E-state index is 13.6. The van der Waals surface area contributed by atoms with Crippen LogP contribution < -0.4 is 10.6 Å². The van der Waals surface area contributed by atoms with Gasteiger partial charge in [-0.05, 0) is 72.9 Å². The SMILES string of the molecule is O=C(C[C@@H]1CCCN1C(=O)c1nccc2ccccc12)Nc1ccc(-c2nc[nH]c2-c2ccc(NC(=O)C[C@@H]3CCCN3C(=O)c3nccc4ccccc34)cc2)cc1. The van der Waals surface area contributed by atoms with E-state index in [1.54, 1.807) is 28.5 Å². The lowest BCUT2D eigenvalue weighted by molar-refractivity contribution is -0.117. The number of benzene rings is 4. The van der Waals surface area contributed by atoms with Crippen LogP contribution in [0.1, 0.15) is 59.5 Å². The van der Waals surface area contributed by atoms with Gasteiger partial charge in [-0.3, -0.25) is 29.1 Å². The van der Waals surface area contributed by atoms with Gasteiger partial charge in [-0.25, -0.2) is 4.98 Å². The van der Waals surface area contributed by atoms with Gasteiger partial charge in [-0.2, -0.15) is 0 Å². The number of aromatic nitrogens is 4. The van der Waals surface area contributed by atoms with Crippen molar-refractivity contribution < 1.29 is 19.2 Å². The summed E-state index contributed by atoms with van der Waals surface area (Å²) >= 11 is 0. The predicted molar refractivity (Wildman–Crippen MR) is 228 cm³/mol. The number of anilines is 2. The molecule has 0 spiro atoms. The molecular formula is C47H42N8O4. The Morgan fingerprint density at radius 2 is 1.05 bits per heavy atom. The second-order valence-corrected chi connectivity index (χ2v) is 15.1. The molecule has 12 heteroatoms. The summed E-state index contributed by atoms with van der Waals surface area (Å²) in [6.07, 6.45) is 8.53. The third-order valence-electron chi connectivity index (χ3n) is 11.4. The van der Waals surface area contributed by atoms with Crippen molar-refractivity contribution in [2.24, 2.45) is 0 Å². The molecule has 294 valence electrons. The third-order valence-corrected chi connectivity index (χ3v) is 11.4. The van der Waals surface area contributed by atoms with Gasteiger partial charge in [0.25, 0.3) is 11.8 Å². The molecule has 2 atom stereocenters. The number of amides is 4. The molecule has 12 nitrogen and oxygen atoms in total. The number of fused-ring (bicyclic) bond motifs is 2. The van der Waals surface area contributed by atoms with E-state index in [1.165, 1.54) is 0 Å². The number of nitrogens with zero attached hydrogens (tertiary/aromatic N) is 5. The largest absolute Gasteiger partial charge is 0.344 e. The molecule has 0 bridgehead atoms. The molecule has 0 aliphatic carbocycles. The average molecular weight is 783 g/mol. The van der Waals surface area contributed by atoms with Crippen molar-refractivity contribution in [2.45, 2.75) is 50.6 Å². The second-order valence-electron chi connectivity index (χ2n) is 15.1. The van der Waals surface area contributed by atoms with Gasteiger partial charge in [0.1, 0.15) is 11.4 Å². The fourth-order valence-corrected chi connectivity index (χ4v) is 8.50. The van der Waals surface area contributed by atoms with E-state index < -0.39 is 0 Å². The predicted octanol–water partition coefficient (Wildman–Crippen LogP) is 8.11. The molecule has 0 unspecified atom stereocenters. The number of imidazole rings is 1. The number of aromatic amines is 1. The zero-order valence-electron chi connectivity index (χ0n) is 32.3. The quantitative estimate of drug-likeness (QED) is 0.127. The Morgan fingerprint density at radius 3 is 1.56 bits per heavy atom. The van der Waals surface area contributed by atoms with Gasteiger partial charge >= 0.3 is 0 Å². The standard InChI is InChI=1S/C47H42N8O4/c56-40(27-36-9-5-25-54(36)46(58)44-38-11-3-1-7-30(38)21-23-48-44)52-34-17-13-32(14-18-34)42-43(51-29-50-42)33-15-19-35(20-16-33)53-41(57)28-37-10-6-26-55(37)47(59)45-39-12-4-2-8-31(39)22-24-49-45/h1-4,7-8,11-24,29,36-37H,5-6,9-10,25-28H2,(H,50,51)(H,52,56)(H,53,57)/t36-,37-/m0/s1. The molecule has 4 aromatic carbocycles. The van der Waals surface area contributed by atoms with E-state index in [0.29, 0.717) is 35.9 Å². The molecule has 0 radical (unpaired) electrons. The first-order valence-corrected chi connectivity index (χ1v) is 20.0. The minimum atomic E-state index is -0.207. The topological polar surface area (TPSA) is 153 Å². The fourth-order valence-electron chi connectivity index (χ4n) is 8.50. The molecule has 2 aliphatic rings. The third kappa shape index (κ3) is 7.76. The van der Waals surface area contributed by atoms with Crippen LogP contribution in [0.2, 0.25) is 0 Å². The van der Waals surface area contributed by atoms with Crippen molar-refractivity contribution in [2.75, 3.05) is 23.7 Å². The molecule has 0 saturated carbocycles. The number of pyridine rings is 2. The Morgan fingerprint density at radius 1 is 0.576 bits per heavy atom. The Balaban J connectivity index is 0.800. The first-order valence-electron chi connectivity index (χ1n) is 20.0. The summed E-state index contributed by atoms with van der Waals surface area (Å²) in [5, 5.41) is 9.55. The number of H-pyrrole nitrogens is 1. The lowest BCUT2D eigenvalue weighted by Crippen LogP contribution is -2.38. The Bertz CT molecular complexity index is 2500. The highest BCUT2D eigenvalue weighted by molar-refractivity contribution is 6.06. The van der Waals surface area contributed by atoms with Gasteiger partial charge in [0.05, 0.1) is 17.7 Å². The van der Waals surface area contributed by atoms with E-state index >= 15 is 0 Å². The first-order chi connectivity index (χ1) is 28.9. The van der Waals surface area contributed by atoms with E-state index in [9.17, 15) is 19.2 Å². The van der Waals surface area contributed by atoms with Crippen molar-refractivity contribution in [3.63, 3.8) is 0 Å². The number of hydrogen-bond acceptors (Lipinski definition) is 7. The van der Waals surface area contributed by atoms with Crippen LogP contribution in [0, 0.1) is 0 Å². The molecule has 2 saturated heterocycles. The summed E-state index contributed by atoms with van der Waals surface area (Å²) in [4.78, 5) is 73.9. The Hall–Kier alpha value is -7.21. The monoisotopic (exact) mass is 782 g/mol. The number of carbonyl (C=O) groups is 4. The number of nitrogens with one attached hydrogen (secondary N) is 3. The van der Waals surface area contributed by atoms with Gasteiger partial charge in [0.2, 0.25) is 11.8 Å². The smallest absolute Gasteiger partial charge is 0.273 e. The molecular weight excluding hydrogens is 741 g/mol. The summed E-state index contributed by atoms with van der Waals surface area (Å²) in [6, 6.07) is 33.9. The second kappa shape index (κ2) is 16.3. The Kier molecular flexibility index (Phi) is 10.3. The van der Waals surface area contributed by atoms with Crippen LogP contribution in [0.4, 0.5) is 11.4 Å². The number of likely N-dealkylation sites (tertiary alicyclic amines) is 2. The van der Waals surface area contributed by atoms with Crippen molar-refractivity contribution in [3.05, 3.63) is 139 Å². The zero-order valence-corrected chi connectivity index (χ0v) is 32.3. The van der Waals surface area contributed by atoms with Crippen LogP contribution in [0.3, 0.4) is 0 Å². The maximum absolute atomic E-state index is 13.6. The normalized spacial score (nSPS) is 16.4. The average Bonchev–Trinajstić information content (AvgIpc) is 4.06. The zero-order chi connectivity index (χ0) is 40.3. The molecule has 2 aliphatic heterocycles. The number of hydrogen-bond donors (Lipinski definition) is 3. The van der Waals surface area contributed by atoms with Crippen LogP contribution in [0.5, 0.6) is 0 Å². The highest BCUT2D eigenvalue weighted by Gasteiger charge is 2.34. The highest BCUT2D eigenvalue weighted by Crippen LogP contribution is 2.32. The maximum Gasteiger partial charge on any atom is 0.273 e. The molecule has 5 heterocycles. The van der Waals surface area contributed by atoms with Crippen LogP contribution in [0.25, 0.3) is 44.1 Å². The fraction of sp³-hybridized carbons (Fsp3) is 0.213. The first kappa shape index (κ1) is 37.4. The minimum Gasteiger partial charge on any atom is -0.344 e. The molecule has 4 amide bonds. The van der Waals surface area contributed by atoms with E-state index in [0.717, 1.165) is 69.7 Å². The molecule has 59 heavy (non-hydrogen) atoms. The molecule has 3 N–H and O–H groups in total. The summed E-state index contributed by atoms with van der Waals surface area (Å²) < 4.78 is 0. The molecule has 9 rings (SSSR count). The van der Waals surface area contributed by atoms with Crippen molar-refractivity contribution in [1.82, 2.24) is 29.7 Å². The van der Waals surface area contributed by atoms with E-state index in [-0.39, 0.29) is 48.6 Å². The van der Waals surface area contributed by atoms with Gasteiger partial charge in [-0.15, -0.1) is 0 Å². The van der Waals surface area contributed by atoms with E-state index in [4.69, 9.17) is 0 Å². The van der Waals surface area contributed by atoms with Gasteiger partial charge in [0, 0.05) is 83.7 Å². The van der Waals surface area contributed by atoms with Crippen LogP contribution in [0.15, 0.2) is 128 Å². The number of rotatable bonds is 10. The summed E-state index contributed by atoms with van der Waals surface area (Å²) in [7, 11) is 0. The minimum absolute atomic E-state index is 0.146. The van der Waals surface area contributed by atoms with Gasteiger partial charge < -0.3 is 25.4 Å². The summed E-state index contributed by atoms with van der Waals surface area (Å²) in [5.74, 6) is -0.608. The van der Waals surface area contributed by atoms with E-state index in [1.807, 2.05) is 109 Å². The van der Waals surface area contributed by atoms with E-state index in [2.05, 4.69) is 30.6 Å². The highest BCUT2D eigenvalue weighted by atomic mass is 16.2. The lowest BCUT2D eigenvalue weighted by Gasteiger charge is -2.24. The van der Waals surface area contributed by atoms with Crippen molar-refractivity contribution >= 4 is 56.5 Å². The van der Waals surface area contributed by atoms with Gasteiger partial charge in [-0.1, -0.05) is 72.8 Å². The summed E-state index contributed by atoms with van der Waals surface area (Å²) in [5.41, 5.74) is 5.44. The van der Waals surface area contributed by atoms with Crippen LogP contribution in [-0.2, 0) is 9.59 Å². The number of carbonyl (C=O) groups excluding carboxylic acids is 4. The Labute approximate surface area is 340 Å². The van der Waals surface area contributed by atoms with Crippen molar-refractivity contribution in [3.8, 4) is 22.5 Å². The van der Waals surface area contributed by atoms with Crippen molar-refractivity contribution in [1.29, 1.82) is 0 Å². The molecule has 2 fully saturated rings. The summed E-state index contributed by atoms with van der Waals surface area (Å²) in [6.45, 7) is 1.18. The van der Waals surface area contributed by atoms with Gasteiger partial charge in [0.15, 0.2) is 0 Å². The lowest BCUT2D eigenvalue weighted by atomic mass is 10.0. The molecule has 3 aromatic heterocycles. The van der Waals surface area contributed by atoms with Crippen LogP contribution in [-0.4, -0.2) is 78.5 Å². The van der Waals surface area contributed by atoms with Crippen LogP contribution >= 0.6 is 0 Å². The molecule has 7 aromatic rings.